The predicted octanol–water partition coefficient (Wildman–Crippen LogP) is 1.65. The first-order valence-corrected chi connectivity index (χ1v) is 6.13. The van der Waals surface area contributed by atoms with Crippen molar-refractivity contribution in [2.75, 3.05) is 12.4 Å². The van der Waals surface area contributed by atoms with Gasteiger partial charge in [-0.15, -0.1) is 11.3 Å². The van der Waals surface area contributed by atoms with Gasteiger partial charge in [0.25, 0.3) is 5.91 Å². The molecule has 7 heteroatoms. The van der Waals surface area contributed by atoms with Crippen LogP contribution >= 0.6 is 11.3 Å². The summed E-state index contributed by atoms with van der Waals surface area (Å²) in [5.41, 5.74) is 2.63. The van der Waals surface area contributed by atoms with Gasteiger partial charge in [-0.3, -0.25) is 4.79 Å². The van der Waals surface area contributed by atoms with Crippen LogP contribution in [0.3, 0.4) is 0 Å². The van der Waals surface area contributed by atoms with E-state index < -0.39 is 5.82 Å². The van der Waals surface area contributed by atoms with Gasteiger partial charge in [0.2, 0.25) is 0 Å². The second-order valence-corrected chi connectivity index (χ2v) is 4.18. The molecule has 0 saturated heterocycles. The number of carbonyl (C=O) groups excluding carboxylic acids is 1. The van der Waals surface area contributed by atoms with E-state index in [0.717, 1.165) is 18.0 Å². The van der Waals surface area contributed by atoms with Gasteiger partial charge >= 0.3 is 0 Å². The summed E-state index contributed by atoms with van der Waals surface area (Å²) in [6.45, 7) is 0.308. The fraction of sp³-hybridized carbons (Fsp3) is 0.182. The Labute approximate surface area is 107 Å². The van der Waals surface area contributed by atoms with E-state index in [4.69, 9.17) is 0 Å². The van der Waals surface area contributed by atoms with Gasteiger partial charge in [0.1, 0.15) is 11.6 Å². The van der Waals surface area contributed by atoms with Crippen molar-refractivity contribution < 1.29 is 9.18 Å². The standard InChI is InChI=1S/C11H11FN4OS/c1-13-10-9(2-7(12)3-14-10)11(17)15-4-8-5-18-6-16-8/h2-3,5-6H,4H2,1H3,(H,13,14)(H,15,17). The first-order chi connectivity index (χ1) is 8.70. The molecule has 2 aromatic heterocycles. The minimum absolute atomic E-state index is 0.174. The highest BCUT2D eigenvalue weighted by Crippen LogP contribution is 2.13. The Hall–Kier alpha value is -2.02. The maximum Gasteiger partial charge on any atom is 0.255 e. The molecule has 0 aliphatic carbocycles. The number of nitrogens with one attached hydrogen (secondary N) is 2. The van der Waals surface area contributed by atoms with E-state index in [2.05, 4.69) is 20.6 Å². The largest absolute Gasteiger partial charge is 0.372 e. The van der Waals surface area contributed by atoms with Crippen molar-refractivity contribution in [2.45, 2.75) is 6.54 Å². The van der Waals surface area contributed by atoms with Crippen LogP contribution in [0.1, 0.15) is 16.1 Å². The van der Waals surface area contributed by atoms with E-state index in [1.54, 1.807) is 12.6 Å². The molecule has 1 amide bonds. The number of rotatable bonds is 4. The van der Waals surface area contributed by atoms with Crippen LogP contribution in [-0.2, 0) is 6.54 Å². The van der Waals surface area contributed by atoms with Crippen molar-refractivity contribution >= 4 is 23.1 Å². The summed E-state index contributed by atoms with van der Waals surface area (Å²) < 4.78 is 13.1. The smallest absolute Gasteiger partial charge is 0.255 e. The van der Waals surface area contributed by atoms with Crippen molar-refractivity contribution in [1.29, 1.82) is 0 Å². The third-order valence-electron chi connectivity index (χ3n) is 2.25. The Bertz CT molecular complexity index is 544. The molecule has 0 aliphatic rings. The van der Waals surface area contributed by atoms with Crippen molar-refractivity contribution in [3.05, 3.63) is 40.2 Å². The fourth-order valence-corrected chi connectivity index (χ4v) is 1.96. The van der Waals surface area contributed by atoms with E-state index in [1.807, 2.05) is 5.38 Å². The summed E-state index contributed by atoms with van der Waals surface area (Å²) >= 11 is 1.45. The first kappa shape index (κ1) is 12.4. The molecule has 5 nitrogen and oxygen atoms in total. The number of halogens is 1. The van der Waals surface area contributed by atoms with Gasteiger partial charge < -0.3 is 10.6 Å². The Morgan fingerprint density at radius 1 is 1.50 bits per heavy atom. The van der Waals surface area contributed by atoms with E-state index in [0.29, 0.717) is 12.4 Å². The molecule has 2 heterocycles. The number of carbonyl (C=O) groups is 1. The number of aromatic nitrogens is 2. The molecule has 0 fully saturated rings. The predicted molar refractivity (Wildman–Crippen MR) is 67.0 cm³/mol. The summed E-state index contributed by atoms with van der Waals surface area (Å²) in [5.74, 6) is -0.598. The van der Waals surface area contributed by atoms with E-state index >= 15 is 0 Å². The van der Waals surface area contributed by atoms with Gasteiger partial charge in [-0.25, -0.2) is 14.4 Å². The molecular formula is C11H11FN4OS. The Morgan fingerprint density at radius 2 is 2.33 bits per heavy atom. The lowest BCUT2D eigenvalue weighted by molar-refractivity contribution is 0.0950. The minimum Gasteiger partial charge on any atom is -0.372 e. The number of pyridine rings is 1. The second kappa shape index (κ2) is 5.54. The zero-order chi connectivity index (χ0) is 13.0. The fourth-order valence-electron chi connectivity index (χ4n) is 1.40. The van der Waals surface area contributed by atoms with Gasteiger partial charge in [0, 0.05) is 12.4 Å². The van der Waals surface area contributed by atoms with Gasteiger partial charge in [-0.05, 0) is 6.07 Å². The molecule has 94 valence electrons. The number of hydrogen-bond acceptors (Lipinski definition) is 5. The summed E-state index contributed by atoms with van der Waals surface area (Å²) in [6, 6.07) is 1.15. The molecule has 0 bridgehead atoms. The highest BCUT2D eigenvalue weighted by molar-refractivity contribution is 7.07. The van der Waals surface area contributed by atoms with Crippen molar-refractivity contribution in [2.24, 2.45) is 0 Å². The van der Waals surface area contributed by atoms with Gasteiger partial charge in [-0.1, -0.05) is 0 Å². The number of nitrogens with zero attached hydrogens (tertiary/aromatic N) is 2. The molecule has 0 radical (unpaired) electrons. The normalized spacial score (nSPS) is 10.1. The maximum absolute atomic E-state index is 13.1. The maximum atomic E-state index is 13.1. The van der Waals surface area contributed by atoms with Gasteiger partial charge in [0.05, 0.1) is 29.5 Å². The summed E-state index contributed by atoms with van der Waals surface area (Å²) in [5, 5.41) is 7.24. The molecule has 0 aromatic carbocycles. The lowest BCUT2D eigenvalue weighted by atomic mass is 10.2. The molecule has 2 rings (SSSR count). The molecule has 2 N–H and O–H groups in total. The highest BCUT2D eigenvalue weighted by atomic mass is 32.1. The van der Waals surface area contributed by atoms with Crippen LogP contribution in [0.5, 0.6) is 0 Å². The SMILES string of the molecule is CNc1ncc(F)cc1C(=O)NCc1cscn1. The Morgan fingerprint density at radius 3 is 3.00 bits per heavy atom. The molecule has 0 spiro atoms. The first-order valence-electron chi connectivity index (χ1n) is 5.19. The third-order valence-corrected chi connectivity index (χ3v) is 2.88. The van der Waals surface area contributed by atoms with Crippen molar-refractivity contribution in [3.8, 4) is 0 Å². The van der Waals surface area contributed by atoms with Crippen LogP contribution in [-0.4, -0.2) is 22.9 Å². The molecule has 0 atom stereocenters. The van der Waals surface area contributed by atoms with E-state index in [-0.39, 0.29) is 11.5 Å². The number of thiazole rings is 1. The summed E-state index contributed by atoms with van der Waals surface area (Å²) in [4.78, 5) is 19.7. The average Bonchev–Trinajstić information content (AvgIpc) is 2.89. The molecule has 0 aliphatic heterocycles. The number of amides is 1. The van der Waals surface area contributed by atoms with Crippen LogP contribution in [0.4, 0.5) is 10.2 Å². The molecule has 0 unspecified atom stereocenters. The molecule has 18 heavy (non-hydrogen) atoms. The van der Waals surface area contributed by atoms with Crippen LogP contribution in [0, 0.1) is 5.82 Å². The zero-order valence-corrected chi connectivity index (χ0v) is 10.4. The van der Waals surface area contributed by atoms with E-state index in [1.165, 1.54) is 11.3 Å². The van der Waals surface area contributed by atoms with Crippen molar-refractivity contribution in [3.63, 3.8) is 0 Å². The zero-order valence-electron chi connectivity index (χ0n) is 9.61. The topological polar surface area (TPSA) is 66.9 Å². The monoisotopic (exact) mass is 266 g/mol. The van der Waals surface area contributed by atoms with Gasteiger partial charge in [-0.2, -0.15) is 0 Å². The summed E-state index contributed by atoms with van der Waals surface area (Å²) in [7, 11) is 1.62. The quantitative estimate of drug-likeness (QED) is 0.883. The Kier molecular flexibility index (Phi) is 3.83. The van der Waals surface area contributed by atoms with E-state index in [9.17, 15) is 9.18 Å². The second-order valence-electron chi connectivity index (χ2n) is 3.46. The van der Waals surface area contributed by atoms with Gasteiger partial charge in [0.15, 0.2) is 0 Å². The Balaban J connectivity index is 2.10. The molecule has 2 aromatic rings. The van der Waals surface area contributed by atoms with Crippen LogP contribution in [0.15, 0.2) is 23.2 Å². The summed E-state index contributed by atoms with van der Waals surface area (Å²) in [6.07, 6.45) is 1.06. The lowest BCUT2D eigenvalue weighted by Crippen LogP contribution is -2.24. The van der Waals surface area contributed by atoms with Crippen molar-refractivity contribution in [1.82, 2.24) is 15.3 Å². The minimum atomic E-state index is -0.548. The van der Waals surface area contributed by atoms with Crippen LogP contribution in [0.25, 0.3) is 0 Å². The molecule has 0 saturated carbocycles. The molecular weight excluding hydrogens is 255 g/mol. The number of anilines is 1. The van der Waals surface area contributed by atoms with Crippen LogP contribution < -0.4 is 10.6 Å². The lowest BCUT2D eigenvalue weighted by Gasteiger charge is -2.08. The van der Waals surface area contributed by atoms with Crippen LogP contribution in [0.2, 0.25) is 0 Å². The highest BCUT2D eigenvalue weighted by Gasteiger charge is 2.13. The number of hydrogen-bond donors (Lipinski definition) is 2. The average molecular weight is 266 g/mol. The third kappa shape index (κ3) is 2.80.